The Labute approximate surface area is 350 Å². The largest absolute Gasteiger partial charge is 0.508 e. The molecule has 0 aromatic heterocycles. The molecule has 4 aliphatic carbocycles. The number of carbonyl (C=O) groups is 2. The van der Waals surface area contributed by atoms with E-state index in [4.69, 9.17) is 18.9 Å². The van der Waals surface area contributed by atoms with Gasteiger partial charge in [-0.1, -0.05) is 90.1 Å². The first-order chi connectivity index (χ1) is 28.1. The lowest BCUT2D eigenvalue weighted by atomic mass is 9.52. The monoisotopic (exact) mass is 802 g/mol. The zero-order valence-electron chi connectivity index (χ0n) is 36.1. The van der Waals surface area contributed by atoms with Crippen molar-refractivity contribution >= 4 is 11.9 Å². The van der Waals surface area contributed by atoms with E-state index in [9.17, 15) is 19.8 Å². The topological polar surface area (TPSA) is 112 Å². The van der Waals surface area contributed by atoms with Crippen molar-refractivity contribution in [2.75, 3.05) is 13.2 Å². The van der Waals surface area contributed by atoms with Crippen molar-refractivity contribution in [3.63, 3.8) is 0 Å². The number of phenolic OH excluding ortho intramolecular Hbond substituents is 2. The van der Waals surface area contributed by atoms with E-state index >= 15 is 0 Å². The van der Waals surface area contributed by atoms with Gasteiger partial charge in [0.25, 0.3) is 0 Å². The highest BCUT2D eigenvalue weighted by Crippen LogP contribution is 2.60. The number of aryl methyl sites for hydroxylation is 2. The van der Waals surface area contributed by atoms with Crippen LogP contribution in [0.4, 0.5) is 0 Å². The summed E-state index contributed by atoms with van der Waals surface area (Å²) in [4.78, 5) is 26.9. The van der Waals surface area contributed by atoms with Crippen molar-refractivity contribution < 1.29 is 38.7 Å². The summed E-state index contributed by atoms with van der Waals surface area (Å²) in [6.07, 6.45) is 5.24. The standard InChI is InChI=1S/C51H62O8/c1-9-41(40-16-12-38(13-17-40)31(4)5)43-19-33(7)47(22-45(43)53)57-28-49(55)59-51-25-35-20-36(26-51)24-50(23-35,29-51)58-48(54)27-56-46-21-44(52)42(18-32(46)6)34(8)39-14-10-37(11-15-39)30(2)3/h10-19,21-22,30-31,34-36,41,52-53H,9,20,23-29H2,1-8H3. The van der Waals surface area contributed by atoms with Gasteiger partial charge in [0, 0.05) is 41.5 Å². The Morgan fingerprint density at radius 1 is 0.627 bits per heavy atom. The number of carbonyl (C=O) groups excluding carboxylic acids is 2. The molecule has 4 aromatic carbocycles. The SMILES string of the molecule is CCC(c1ccc(C(C)C)cc1)c1cc(C)c(OCC(=O)OC23CC4CC(CC(OC(=O)COc5cc(O)c(C(C)c6ccc(C(C)C)cc6)cc5C)(C4)C2)C3)cc1O. The predicted octanol–water partition coefficient (Wildman–Crippen LogP) is 11.3. The average Bonchev–Trinajstić information content (AvgIpc) is 3.18. The molecule has 8 rings (SSSR count). The van der Waals surface area contributed by atoms with Crippen LogP contribution in [-0.4, -0.2) is 46.6 Å². The molecule has 4 fully saturated rings. The van der Waals surface area contributed by atoms with E-state index in [1.54, 1.807) is 12.1 Å². The van der Waals surface area contributed by atoms with Crippen LogP contribution in [0.1, 0.15) is 155 Å². The fourth-order valence-electron chi connectivity index (χ4n) is 10.6. The quantitative estimate of drug-likeness (QED) is 0.114. The number of phenols is 2. The third kappa shape index (κ3) is 9.12. The van der Waals surface area contributed by atoms with Crippen LogP contribution >= 0.6 is 0 Å². The molecule has 0 aliphatic heterocycles. The molecule has 8 nitrogen and oxygen atoms in total. The summed E-state index contributed by atoms with van der Waals surface area (Å²) in [6, 6.07) is 24.2. The summed E-state index contributed by atoms with van der Waals surface area (Å²) < 4.78 is 24.5. The number of hydrogen-bond acceptors (Lipinski definition) is 8. The van der Waals surface area contributed by atoms with E-state index < -0.39 is 23.1 Å². The Kier molecular flexibility index (Phi) is 12.1. The molecule has 4 atom stereocenters. The summed E-state index contributed by atoms with van der Waals surface area (Å²) in [5.74, 6) is 1.62. The molecule has 4 aliphatic rings. The number of benzene rings is 4. The fourth-order valence-corrected chi connectivity index (χ4v) is 10.6. The molecule has 4 unspecified atom stereocenters. The summed E-state index contributed by atoms with van der Waals surface area (Å²) in [6.45, 7) is 16.1. The highest BCUT2D eigenvalue weighted by Gasteiger charge is 2.61. The normalized spacial score (nSPS) is 22.9. The van der Waals surface area contributed by atoms with Crippen molar-refractivity contribution in [3.05, 3.63) is 117 Å². The van der Waals surface area contributed by atoms with Gasteiger partial charge >= 0.3 is 11.9 Å². The van der Waals surface area contributed by atoms with Gasteiger partial charge in [-0.25, -0.2) is 9.59 Å². The summed E-state index contributed by atoms with van der Waals surface area (Å²) in [7, 11) is 0. The molecule has 314 valence electrons. The molecule has 4 saturated carbocycles. The van der Waals surface area contributed by atoms with Crippen LogP contribution < -0.4 is 9.47 Å². The zero-order valence-corrected chi connectivity index (χ0v) is 36.1. The first-order valence-electron chi connectivity index (χ1n) is 21.6. The van der Waals surface area contributed by atoms with Crippen LogP contribution in [-0.2, 0) is 19.1 Å². The molecule has 4 aromatic rings. The van der Waals surface area contributed by atoms with Crippen LogP contribution in [0.2, 0.25) is 0 Å². The Hall–Kier alpha value is -4.98. The second-order valence-corrected chi connectivity index (χ2v) is 18.5. The van der Waals surface area contributed by atoms with Crippen molar-refractivity contribution in [1.29, 1.82) is 0 Å². The second kappa shape index (κ2) is 16.9. The Morgan fingerprint density at radius 3 is 1.47 bits per heavy atom. The number of aromatic hydroxyl groups is 2. The zero-order chi connectivity index (χ0) is 42.2. The van der Waals surface area contributed by atoms with Crippen molar-refractivity contribution in [2.45, 2.75) is 135 Å². The van der Waals surface area contributed by atoms with Gasteiger partial charge in [0.2, 0.25) is 0 Å². The minimum Gasteiger partial charge on any atom is -0.508 e. The molecule has 8 heteroatoms. The third-order valence-corrected chi connectivity index (χ3v) is 13.3. The average molecular weight is 803 g/mol. The van der Waals surface area contributed by atoms with Crippen molar-refractivity contribution in [1.82, 2.24) is 0 Å². The molecule has 0 saturated heterocycles. The third-order valence-electron chi connectivity index (χ3n) is 13.3. The Bertz CT molecular complexity index is 2140. The maximum atomic E-state index is 13.5. The molecule has 4 bridgehead atoms. The van der Waals surface area contributed by atoms with Gasteiger partial charge in [0.15, 0.2) is 13.2 Å². The lowest BCUT2D eigenvalue weighted by Crippen LogP contribution is -2.62. The van der Waals surface area contributed by atoms with E-state index in [1.165, 1.54) is 11.1 Å². The van der Waals surface area contributed by atoms with Gasteiger partial charge in [-0.2, -0.15) is 0 Å². The molecule has 0 amide bonds. The van der Waals surface area contributed by atoms with Crippen LogP contribution in [0.15, 0.2) is 72.8 Å². The summed E-state index contributed by atoms with van der Waals surface area (Å²) in [5.41, 5.74) is 6.62. The molecule has 59 heavy (non-hydrogen) atoms. The molecular formula is C51H62O8. The Balaban J connectivity index is 0.953. The first-order valence-corrected chi connectivity index (χ1v) is 21.6. The molecule has 2 N–H and O–H groups in total. The van der Waals surface area contributed by atoms with Crippen molar-refractivity contribution in [3.8, 4) is 23.0 Å². The van der Waals surface area contributed by atoms with E-state index in [0.717, 1.165) is 71.9 Å². The van der Waals surface area contributed by atoms with E-state index in [2.05, 4.69) is 90.1 Å². The number of ether oxygens (including phenoxy) is 4. The van der Waals surface area contributed by atoms with Gasteiger partial charge in [-0.05, 0) is 122 Å². The maximum absolute atomic E-state index is 13.5. The van der Waals surface area contributed by atoms with E-state index in [-0.39, 0.29) is 48.4 Å². The van der Waals surface area contributed by atoms with E-state index in [0.29, 0.717) is 29.8 Å². The molecular weight excluding hydrogens is 741 g/mol. The minimum absolute atomic E-state index is 0.0229. The van der Waals surface area contributed by atoms with Crippen LogP contribution in [0.3, 0.4) is 0 Å². The van der Waals surface area contributed by atoms with Gasteiger partial charge in [0.1, 0.15) is 34.2 Å². The lowest BCUT2D eigenvalue weighted by Gasteiger charge is -2.60. The molecule has 0 radical (unpaired) electrons. The van der Waals surface area contributed by atoms with Gasteiger partial charge in [0.05, 0.1) is 0 Å². The minimum atomic E-state index is -0.726. The predicted molar refractivity (Wildman–Crippen MR) is 230 cm³/mol. The van der Waals surface area contributed by atoms with Gasteiger partial charge in [-0.3, -0.25) is 0 Å². The lowest BCUT2D eigenvalue weighted by molar-refractivity contribution is -0.232. The highest BCUT2D eigenvalue weighted by atomic mass is 16.6. The number of rotatable bonds is 15. The molecule has 0 heterocycles. The highest BCUT2D eigenvalue weighted by molar-refractivity contribution is 5.73. The fraction of sp³-hybridized carbons (Fsp3) is 0.490. The first kappa shape index (κ1) is 42.2. The Morgan fingerprint density at radius 2 is 1.03 bits per heavy atom. The molecule has 0 spiro atoms. The van der Waals surface area contributed by atoms with E-state index in [1.807, 2.05) is 26.0 Å². The van der Waals surface area contributed by atoms with Gasteiger partial charge < -0.3 is 29.2 Å². The summed E-state index contributed by atoms with van der Waals surface area (Å²) in [5, 5.41) is 22.2. The maximum Gasteiger partial charge on any atom is 0.344 e. The van der Waals surface area contributed by atoms with Crippen LogP contribution in [0, 0.1) is 25.7 Å². The van der Waals surface area contributed by atoms with Crippen molar-refractivity contribution in [2.24, 2.45) is 11.8 Å². The smallest absolute Gasteiger partial charge is 0.344 e. The number of esters is 2. The number of hydrogen-bond donors (Lipinski definition) is 2. The van der Waals surface area contributed by atoms with Crippen LogP contribution in [0.25, 0.3) is 0 Å². The van der Waals surface area contributed by atoms with Gasteiger partial charge in [-0.15, -0.1) is 0 Å². The summed E-state index contributed by atoms with van der Waals surface area (Å²) >= 11 is 0. The second-order valence-electron chi connectivity index (χ2n) is 18.5. The van der Waals surface area contributed by atoms with Crippen LogP contribution in [0.5, 0.6) is 23.0 Å².